The summed E-state index contributed by atoms with van der Waals surface area (Å²) in [7, 11) is 0. The van der Waals surface area contributed by atoms with Crippen LogP contribution in [0.25, 0.3) is 0 Å². The second-order valence-electron chi connectivity index (χ2n) is 5.68. The van der Waals surface area contributed by atoms with Gasteiger partial charge >= 0.3 is 6.18 Å². The number of rotatable bonds is 5. The van der Waals surface area contributed by atoms with Crippen LogP contribution in [0.4, 0.5) is 19.0 Å². The molecule has 0 aliphatic carbocycles. The van der Waals surface area contributed by atoms with Crippen LogP contribution in [-0.2, 0) is 12.8 Å². The zero-order valence-electron chi connectivity index (χ0n) is 14.0. The topological polar surface area (TPSA) is 51.2 Å². The lowest BCUT2D eigenvalue weighted by Crippen LogP contribution is -2.13. The van der Waals surface area contributed by atoms with Crippen LogP contribution in [0, 0.1) is 0 Å². The third-order valence-electron chi connectivity index (χ3n) is 3.70. The van der Waals surface area contributed by atoms with Gasteiger partial charge in [0.25, 0.3) is 5.91 Å². The summed E-state index contributed by atoms with van der Waals surface area (Å²) in [5.41, 5.74) is 0.483. The van der Waals surface area contributed by atoms with Crippen molar-refractivity contribution in [2.45, 2.75) is 12.8 Å². The first-order valence-electron chi connectivity index (χ1n) is 8.03. The van der Waals surface area contributed by atoms with Gasteiger partial charge in [0.1, 0.15) is 18.2 Å². The molecular weight excluding hydrogens is 357 g/mol. The highest BCUT2D eigenvalue weighted by Gasteiger charge is 2.30. The van der Waals surface area contributed by atoms with Gasteiger partial charge in [-0.05, 0) is 42.0 Å². The van der Waals surface area contributed by atoms with E-state index in [0.29, 0.717) is 24.1 Å². The Morgan fingerprint density at radius 1 is 0.963 bits per heavy atom. The molecule has 138 valence electrons. The molecule has 0 atom stereocenters. The molecule has 0 spiro atoms. The summed E-state index contributed by atoms with van der Waals surface area (Å²) in [6, 6.07) is 18.1. The number of pyridine rings is 1. The fourth-order valence-electron chi connectivity index (χ4n) is 2.27. The van der Waals surface area contributed by atoms with Gasteiger partial charge in [0.05, 0.1) is 5.56 Å². The van der Waals surface area contributed by atoms with Gasteiger partial charge in [0.2, 0.25) is 0 Å². The molecule has 0 aliphatic rings. The Morgan fingerprint density at radius 2 is 1.67 bits per heavy atom. The largest absolute Gasteiger partial charge is 0.489 e. The summed E-state index contributed by atoms with van der Waals surface area (Å²) < 4.78 is 43.2. The van der Waals surface area contributed by atoms with Crippen molar-refractivity contribution in [1.29, 1.82) is 0 Å². The summed E-state index contributed by atoms with van der Waals surface area (Å²) in [5, 5.41) is 2.46. The van der Waals surface area contributed by atoms with Crippen molar-refractivity contribution in [1.82, 2.24) is 4.98 Å². The predicted molar refractivity (Wildman–Crippen MR) is 94.4 cm³/mol. The van der Waals surface area contributed by atoms with Gasteiger partial charge in [-0.2, -0.15) is 13.2 Å². The minimum atomic E-state index is -4.47. The highest BCUT2D eigenvalue weighted by Crippen LogP contribution is 2.28. The monoisotopic (exact) mass is 372 g/mol. The average Bonchev–Trinajstić information content (AvgIpc) is 2.67. The molecule has 1 aromatic heterocycles. The Kier molecular flexibility index (Phi) is 5.40. The van der Waals surface area contributed by atoms with E-state index in [1.807, 2.05) is 30.3 Å². The van der Waals surface area contributed by atoms with E-state index in [9.17, 15) is 18.0 Å². The Balaban J connectivity index is 1.58. The maximum atomic E-state index is 12.5. The molecule has 27 heavy (non-hydrogen) atoms. The molecule has 4 nitrogen and oxygen atoms in total. The standard InChI is InChI=1S/C20H15F3N2O2/c21-20(22,23)16-8-11-18(24-12-16)25-19(26)15-6-9-17(10-7-15)27-13-14-4-2-1-3-5-14/h1-12H,13H2,(H,24,25,26). The summed E-state index contributed by atoms with van der Waals surface area (Å²) in [6.45, 7) is 0.405. The zero-order valence-corrected chi connectivity index (χ0v) is 14.0. The number of ether oxygens (including phenoxy) is 1. The Labute approximate surface area is 153 Å². The van der Waals surface area contributed by atoms with E-state index < -0.39 is 17.6 Å². The number of nitrogens with zero attached hydrogens (tertiary/aromatic N) is 1. The Hall–Kier alpha value is -3.35. The minimum absolute atomic E-state index is 0.0393. The number of halogens is 3. The number of hydrogen-bond acceptors (Lipinski definition) is 3. The highest BCUT2D eigenvalue weighted by molar-refractivity contribution is 6.03. The van der Waals surface area contributed by atoms with Crippen molar-refractivity contribution < 1.29 is 22.7 Å². The molecule has 0 bridgehead atoms. The van der Waals surface area contributed by atoms with Crippen LogP contribution in [-0.4, -0.2) is 10.9 Å². The van der Waals surface area contributed by atoms with Crippen LogP contribution < -0.4 is 10.1 Å². The van der Waals surface area contributed by atoms with Gasteiger partial charge in [-0.15, -0.1) is 0 Å². The molecule has 1 N–H and O–H groups in total. The second-order valence-corrected chi connectivity index (χ2v) is 5.68. The van der Waals surface area contributed by atoms with E-state index in [2.05, 4.69) is 10.3 Å². The average molecular weight is 372 g/mol. The van der Waals surface area contributed by atoms with Gasteiger partial charge < -0.3 is 10.1 Å². The fraction of sp³-hybridized carbons (Fsp3) is 0.100. The third kappa shape index (κ3) is 5.07. The number of carbonyl (C=O) groups is 1. The maximum absolute atomic E-state index is 12.5. The summed E-state index contributed by atoms with van der Waals surface area (Å²) in [4.78, 5) is 15.8. The highest BCUT2D eigenvalue weighted by atomic mass is 19.4. The summed E-state index contributed by atoms with van der Waals surface area (Å²) in [5.74, 6) is 0.164. The lowest BCUT2D eigenvalue weighted by atomic mass is 10.2. The van der Waals surface area contributed by atoms with Crippen molar-refractivity contribution in [3.05, 3.63) is 89.6 Å². The van der Waals surface area contributed by atoms with E-state index >= 15 is 0 Å². The number of hydrogen-bond donors (Lipinski definition) is 1. The maximum Gasteiger partial charge on any atom is 0.417 e. The first kappa shape index (κ1) is 18.4. The molecule has 0 saturated heterocycles. The predicted octanol–water partition coefficient (Wildman–Crippen LogP) is 4.93. The van der Waals surface area contributed by atoms with Crippen LogP contribution in [0.1, 0.15) is 21.5 Å². The van der Waals surface area contributed by atoms with E-state index in [0.717, 1.165) is 17.7 Å². The quantitative estimate of drug-likeness (QED) is 0.691. The number of carbonyl (C=O) groups excluding carboxylic acids is 1. The number of nitrogens with one attached hydrogen (secondary N) is 1. The SMILES string of the molecule is O=C(Nc1ccc(C(F)(F)F)cn1)c1ccc(OCc2ccccc2)cc1. The Bertz CT molecular complexity index is 893. The van der Waals surface area contributed by atoms with Gasteiger partial charge in [-0.1, -0.05) is 30.3 Å². The number of alkyl halides is 3. The molecule has 0 unspecified atom stereocenters. The molecule has 0 aliphatic heterocycles. The molecule has 2 aromatic carbocycles. The summed E-state index contributed by atoms with van der Waals surface area (Å²) >= 11 is 0. The van der Waals surface area contributed by atoms with E-state index in [1.165, 1.54) is 0 Å². The van der Waals surface area contributed by atoms with Crippen molar-refractivity contribution in [3.8, 4) is 5.75 Å². The first-order chi connectivity index (χ1) is 12.9. The molecule has 1 heterocycles. The van der Waals surface area contributed by atoms with Gasteiger partial charge in [-0.3, -0.25) is 4.79 Å². The molecule has 7 heteroatoms. The molecule has 3 aromatic rings. The molecular formula is C20H15F3N2O2. The second kappa shape index (κ2) is 7.90. The van der Waals surface area contributed by atoms with Gasteiger partial charge in [0.15, 0.2) is 0 Å². The molecule has 0 radical (unpaired) electrons. The smallest absolute Gasteiger partial charge is 0.417 e. The lowest BCUT2D eigenvalue weighted by molar-refractivity contribution is -0.137. The third-order valence-corrected chi connectivity index (χ3v) is 3.70. The number of anilines is 1. The number of benzene rings is 2. The van der Waals surface area contributed by atoms with Crippen molar-refractivity contribution in [3.63, 3.8) is 0 Å². The van der Waals surface area contributed by atoms with Crippen LogP contribution >= 0.6 is 0 Å². The minimum Gasteiger partial charge on any atom is -0.489 e. The normalized spacial score (nSPS) is 11.1. The number of aromatic nitrogens is 1. The van der Waals surface area contributed by atoms with Crippen LogP contribution in [0.3, 0.4) is 0 Å². The zero-order chi connectivity index (χ0) is 19.3. The molecule has 0 fully saturated rings. The van der Waals surface area contributed by atoms with Gasteiger partial charge in [0, 0.05) is 11.8 Å². The lowest BCUT2D eigenvalue weighted by Gasteiger charge is -2.09. The molecule has 1 amide bonds. The van der Waals surface area contributed by atoms with E-state index in [1.54, 1.807) is 24.3 Å². The first-order valence-corrected chi connectivity index (χ1v) is 8.03. The van der Waals surface area contributed by atoms with Gasteiger partial charge in [-0.25, -0.2) is 4.98 Å². The van der Waals surface area contributed by atoms with E-state index in [4.69, 9.17) is 4.74 Å². The van der Waals surface area contributed by atoms with Crippen LogP contribution in [0.5, 0.6) is 5.75 Å². The molecule has 0 saturated carbocycles. The van der Waals surface area contributed by atoms with Crippen molar-refractivity contribution in [2.24, 2.45) is 0 Å². The van der Waals surface area contributed by atoms with Crippen molar-refractivity contribution in [2.75, 3.05) is 5.32 Å². The van der Waals surface area contributed by atoms with Crippen LogP contribution in [0.15, 0.2) is 72.9 Å². The van der Waals surface area contributed by atoms with E-state index in [-0.39, 0.29) is 5.82 Å². The fourth-order valence-corrected chi connectivity index (χ4v) is 2.27. The number of amides is 1. The molecule has 3 rings (SSSR count). The Morgan fingerprint density at radius 3 is 2.26 bits per heavy atom. The van der Waals surface area contributed by atoms with Crippen molar-refractivity contribution >= 4 is 11.7 Å². The summed E-state index contributed by atoms with van der Waals surface area (Å²) in [6.07, 6.45) is -3.79. The van der Waals surface area contributed by atoms with Crippen LogP contribution in [0.2, 0.25) is 0 Å².